The van der Waals surface area contributed by atoms with Crippen LogP contribution in [0.2, 0.25) is 0 Å². The van der Waals surface area contributed by atoms with Gasteiger partial charge < -0.3 is 23.8 Å². The Labute approximate surface area is 210 Å². The molecule has 0 saturated carbocycles. The van der Waals surface area contributed by atoms with Gasteiger partial charge in [0.1, 0.15) is 23.0 Å². The lowest BCUT2D eigenvalue weighted by Gasteiger charge is -2.21. The van der Waals surface area contributed by atoms with Crippen molar-refractivity contribution in [1.29, 1.82) is 0 Å². The molecule has 3 aromatic carbocycles. The zero-order valence-electron chi connectivity index (χ0n) is 21.3. The molecule has 3 aromatic rings. The van der Waals surface area contributed by atoms with Crippen LogP contribution in [0.3, 0.4) is 0 Å². The van der Waals surface area contributed by atoms with Crippen LogP contribution in [0.15, 0.2) is 48.5 Å². The van der Waals surface area contributed by atoms with E-state index in [0.29, 0.717) is 11.8 Å². The summed E-state index contributed by atoms with van der Waals surface area (Å²) in [6.45, 7) is 6.78. The summed E-state index contributed by atoms with van der Waals surface area (Å²) in [7, 11) is 5.97. The van der Waals surface area contributed by atoms with E-state index in [0.717, 1.165) is 50.0 Å². The van der Waals surface area contributed by atoms with Crippen molar-refractivity contribution in [1.82, 2.24) is 5.25 Å². The molecule has 6 nitrogen and oxygen atoms in total. The molecule has 0 aromatic heterocycles. The minimum atomic E-state index is -1.06. The van der Waals surface area contributed by atoms with Crippen molar-refractivity contribution in [2.75, 3.05) is 28.4 Å². The number of ether oxygens (including phenoxy) is 4. The minimum Gasteiger partial charge on any atom is -0.496 e. The van der Waals surface area contributed by atoms with E-state index in [1.54, 1.807) is 28.4 Å². The molecule has 1 aliphatic heterocycles. The van der Waals surface area contributed by atoms with E-state index < -0.39 is 8.07 Å². The summed E-state index contributed by atoms with van der Waals surface area (Å²) in [5.41, 5.74) is 1.28. The standard InChI is InChI=1S/C27H33NO5P2/c1-16(2)17(3)18-14-23(34-26-19(29-4)10-8-11-20(26)30-5)25-24(15-18)35(28-33-25)27-21(31-6)12-9-13-22(27)32-7/h8-17,28,34H,1-7H3. The van der Waals surface area contributed by atoms with Crippen molar-refractivity contribution in [3.63, 3.8) is 0 Å². The van der Waals surface area contributed by atoms with Crippen LogP contribution in [0.1, 0.15) is 32.3 Å². The second-order valence-electron chi connectivity index (χ2n) is 8.65. The van der Waals surface area contributed by atoms with E-state index in [1.807, 2.05) is 36.4 Å². The van der Waals surface area contributed by atoms with Gasteiger partial charge in [-0.25, -0.2) is 0 Å². The fraction of sp³-hybridized carbons (Fsp3) is 0.333. The maximum atomic E-state index is 6.20. The van der Waals surface area contributed by atoms with Crippen LogP contribution in [0.4, 0.5) is 0 Å². The summed E-state index contributed by atoms with van der Waals surface area (Å²) in [4.78, 5) is 6.20. The van der Waals surface area contributed by atoms with Crippen molar-refractivity contribution in [2.45, 2.75) is 26.7 Å². The third-order valence-corrected chi connectivity index (χ3v) is 9.77. The molecule has 0 bridgehead atoms. The van der Waals surface area contributed by atoms with Crippen LogP contribution in [0.5, 0.6) is 28.7 Å². The van der Waals surface area contributed by atoms with Crippen molar-refractivity contribution in [2.24, 2.45) is 5.92 Å². The van der Waals surface area contributed by atoms with E-state index in [4.69, 9.17) is 23.8 Å². The fourth-order valence-corrected chi connectivity index (χ4v) is 7.68. The molecule has 35 heavy (non-hydrogen) atoms. The average molecular weight is 514 g/mol. The lowest BCUT2D eigenvalue weighted by Crippen LogP contribution is -2.21. The molecular weight excluding hydrogens is 480 g/mol. The summed E-state index contributed by atoms with van der Waals surface area (Å²) in [5, 5.41) is 7.55. The highest BCUT2D eigenvalue weighted by Crippen LogP contribution is 2.45. The monoisotopic (exact) mass is 513 g/mol. The Hall–Kier alpha value is -2.52. The number of benzene rings is 3. The summed E-state index contributed by atoms with van der Waals surface area (Å²) in [6, 6.07) is 16.3. The summed E-state index contributed by atoms with van der Waals surface area (Å²) in [6.07, 6.45) is 0. The molecule has 0 saturated heterocycles. The van der Waals surface area contributed by atoms with Gasteiger partial charge in [0.15, 0.2) is 5.75 Å². The molecule has 1 N–H and O–H groups in total. The third-order valence-electron chi connectivity index (χ3n) is 6.41. The van der Waals surface area contributed by atoms with Crippen molar-refractivity contribution in [3.05, 3.63) is 54.1 Å². The highest BCUT2D eigenvalue weighted by molar-refractivity contribution is 7.72. The Kier molecular flexibility index (Phi) is 8.06. The zero-order chi connectivity index (χ0) is 25.1. The van der Waals surface area contributed by atoms with E-state index in [2.05, 4.69) is 38.2 Å². The van der Waals surface area contributed by atoms with Crippen LogP contribution in [-0.2, 0) is 0 Å². The number of fused-ring (bicyclic) bond motifs is 1. The van der Waals surface area contributed by atoms with Crippen molar-refractivity contribution >= 4 is 37.9 Å². The molecule has 0 amide bonds. The molecule has 0 spiro atoms. The normalized spacial score (nSPS) is 15.7. The SMILES string of the molecule is COc1cccc(OC)c1Pc1cc(C(C)C(C)C)cc2c1ONP2c1c(OC)cccc1OC. The number of methoxy groups -OCH3 is 4. The quantitative estimate of drug-likeness (QED) is 0.430. The predicted molar refractivity (Wildman–Crippen MR) is 146 cm³/mol. The second kappa shape index (κ2) is 11.0. The first-order chi connectivity index (χ1) is 16.9. The summed E-state index contributed by atoms with van der Waals surface area (Å²) < 4.78 is 22.8. The molecular formula is C27H33NO5P2. The smallest absolute Gasteiger partial charge is 0.164 e. The summed E-state index contributed by atoms with van der Waals surface area (Å²) in [5.74, 6) is 4.88. The zero-order valence-corrected chi connectivity index (χ0v) is 23.2. The predicted octanol–water partition coefficient (Wildman–Crippen LogP) is 4.35. The van der Waals surface area contributed by atoms with Gasteiger partial charge in [0.2, 0.25) is 0 Å². The van der Waals surface area contributed by atoms with E-state index in [1.165, 1.54) is 5.56 Å². The van der Waals surface area contributed by atoms with Gasteiger partial charge in [-0.1, -0.05) is 32.9 Å². The molecule has 1 heterocycles. The lowest BCUT2D eigenvalue weighted by molar-refractivity contribution is 0.295. The van der Waals surface area contributed by atoms with Gasteiger partial charge in [-0.3, -0.25) is 0 Å². The molecule has 4 rings (SSSR count). The summed E-state index contributed by atoms with van der Waals surface area (Å²) >= 11 is 0. The molecule has 1 aliphatic rings. The Morgan fingerprint density at radius 3 is 1.86 bits per heavy atom. The van der Waals surface area contributed by atoms with Gasteiger partial charge in [0, 0.05) is 10.6 Å². The van der Waals surface area contributed by atoms with Gasteiger partial charge in [-0.2, -0.15) is 0 Å². The van der Waals surface area contributed by atoms with Gasteiger partial charge in [0.25, 0.3) is 0 Å². The van der Waals surface area contributed by atoms with Gasteiger partial charge in [-0.15, -0.1) is 5.25 Å². The largest absolute Gasteiger partial charge is 0.496 e. The van der Waals surface area contributed by atoms with E-state index >= 15 is 0 Å². The molecule has 0 fully saturated rings. The van der Waals surface area contributed by atoms with Crippen molar-refractivity contribution in [3.8, 4) is 28.7 Å². The third kappa shape index (κ3) is 4.93. The van der Waals surface area contributed by atoms with Crippen LogP contribution in [0, 0.1) is 5.92 Å². The number of nitrogens with one attached hydrogen (secondary N) is 1. The molecule has 3 unspecified atom stereocenters. The van der Waals surface area contributed by atoms with Crippen LogP contribution in [0.25, 0.3) is 0 Å². The minimum absolute atomic E-state index is 0.288. The van der Waals surface area contributed by atoms with E-state index in [9.17, 15) is 0 Å². The Morgan fingerprint density at radius 1 is 0.800 bits per heavy atom. The lowest BCUT2D eigenvalue weighted by atomic mass is 9.90. The molecule has 0 radical (unpaired) electrons. The second-order valence-corrected chi connectivity index (χ2v) is 11.7. The van der Waals surface area contributed by atoms with Gasteiger partial charge >= 0.3 is 0 Å². The maximum absolute atomic E-state index is 6.20. The van der Waals surface area contributed by atoms with Crippen LogP contribution >= 0.6 is 16.7 Å². The highest BCUT2D eigenvalue weighted by Gasteiger charge is 2.34. The molecule has 0 aliphatic carbocycles. The number of hydrogen-bond donors (Lipinski definition) is 1. The highest BCUT2D eigenvalue weighted by atomic mass is 31.1. The van der Waals surface area contributed by atoms with Gasteiger partial charge in [0.05, 0.1) is 47.1 Å². The molecule has 8 heteroatoms. The first-order valence-electron chi connectivity index (χ1n) is 11.5. The Bertz CT molecular complexity index is 1160. The number of hydrogen-bond acceptors (Lipinski definition) is 6. The maximum Gasteiger partial charge on any atom is 0.164 e. The number of rotatable bonds is 9. The van der Waals surface area contributed by atoms with Crippen molar-refractivity contribution < 1.29 is 23.8 Å². The fourth-order valence-electron chi connectivity index (χ4n) is 4.12. The molecule has 186 valence electrons. The van der Waals surface area contributed by atoms with Gasteiger partial charge in [-0.05, 0) is 62.4 Å². The topological polar surface area (TPSA) is 58.2 Å². The Balaban J connectivity index is 1.90. The first kappa shape index (κ1) is 25.6. The molecule has 3 atom stereocenters. The first-order valence-corrected chi connectivity index (χ1v) is 13.9. The van der Waals surface area contributed by atoms with E-state index in [-0.39, 0.29) is 8.58 Å². The average Bonchev–Trinajstić information content (AvgIpc) is 3.31. The van der Waals surface area contributed by atoms with Crippen LogP contribution < -0.4 is 50.3 Å². The Morgan fingerprint density at radius 2 is 1.34 bits per heavy atom. The van der Waals surface area contributed by atoms with Crippen LogP contribution in [-0.4, -0.2) is 28.4 Å².